The van der Waals surface area contributed by atoms with Gasteiger partial charge in [-0.3, -0.25) is 9.88 Å². The maximum Gasteiger partial charge on any atom is 0.0828 e. The SMILES string of the molecule is Cc1cccc(CN2CCCOC(CN3CCCC3)C2)n1. The van der Waals surface area contributed by atoms with Gasteiger partial charge in [-0.25, -0.2) is 0 Å². The van der Waals surface area contributed by atoms with Crippen LogP contribution in [0.3, 0.4) is 0 Å². The van der Waals surface area contributed by atoms with E-state index in [4.69, 9.17) is 4.74 Å². The minimum absolute atomic E-state index is 0.357. The lowest BCUT2D eigenvalue weighted by molar-refractivity contribution is 0.0306. The van der Waals surface area contributed by atoms with Crippen molar-refractivity contribution in [3.63, 3.8) is 0 Å². The van der Waals surface area contributed by atoms with E-state index in [2.05, 4.69) is 39.9 Å². The molecule has 21 heavy (non-hydrogen) atoms. The number of aryl methyl sites for hydroxylation is 1. The number of ether oxygens (including phenoxy) is 1. The molecule has 1 aromatic heterocycles. The molecule has 116 valence electrons. The van der Waals surface area contributed by atoms with Crippen LogP contribution in [0.15, 0.2) is 18.2 Å². The fourth-order valence-electron chi connectivity index (χ4n) is 3.39. The van der Waals surface area contributed by atoms with Crippen molar-refractivity contribution in [1.29, 1.82) is 0 Å². The lowest BCUT2D eigenvalue weighted by atomic mass is 10.2. The maximum absolute atomic E-state index is 6.05. The highest BCUT2D eigenvalue weighted by Crippen LogP contribution is 2.14. The Hall–Kier alpha value is -0.970. The van der Waals surface area contributed by atoms with E-state index in [0.29, 0.717) is 6.10 Å². The first kappa shape index (κ1) is 14.9. The van der Waals surface area contributed by atoms with Gasteiger partial charge < -0.3 is 9.64 Å². The Morgan fingerprint density at radius 3 is 2.76 bits per heavy atom. The third kappa shape index (κ3) is 4.50. The standard InChI is InChI=1S/C17H27N3O/c1-15-6-4-7-16(18-15)12-20-10-5-11-21-17(14-20)13-19-8-2-3-9-19/h4,6-7,17H,2-3,5,8-14H2,1H3. The van der Waals surface area contributed by atoms with E-state index in [-0.39, 0.29) is 0 Å². The predicted octanol–water partition coefficient (Wildman–Crippen LogP) is 2.08. The van der Waals surface area contributed by atoms with Crippen LogP contribution in [0.25, 0.3) is 0 Å². The largest absolute Gasteiger partial charge is 0.376 e. The summed E-state index contributed by atoms with van der Waals surface area (Å²) in [6.45, 7) is 9.65. The highest BCUT2D eigenvalue weighted by atomic mass is 16.5. The Morgan fingerprint density at radius 1 is 1.14 bits per heavy atom. The maximum atomic E-state index is 6.05. The van der Waals surface area contributed by atoms with Crippen LogP contribution in [0, 0.1) is 6.92 Å². The molecule has 3 rings (SSSR count). The summed E-state index contributed by atoms with van der Waals surface area (Å²) in [5, 5.41) is 0. The Labute approximate surface area is 128 Å². The van der Waals surface area contributed by atoms with Gasteiger partial charge in [0.2, 0.25) is 0 Å². The Balaban J connectivity index is 1.56. The third-order valence-electron chi connectivity index (χ3n) is 4.43. The van der Waals surface area contributed by atoms with Gasteiger partial charge in [-0.15, -0.1) is 0 Å². The van der Waals surface area contributed by atoms with Crippen LogP contribution in [-0.2, 0) is 11.3 Å². The second-order valence-corrected chi connectivity index (χ2v) is 6.36. The van der Waals surface area contributed by atoms with E-state index in [0.717, 1.165) is 44.9 Å². The molecule has 0 saturated carbocycles. The molecule has 2 saturated heterocycles. The number of hydrogen-bond acceptors (Lipinski definition) is 4. The topological polar surface area (TPSA) is 28.6 Å². The molecule has 2 aliphatic heterocycles. The van der Waals surface area contributed by atoms with Gasteiger partial charge in [0.25, 0.3) is 0 Å². The van der Waals surface area contributed by atoms with Crippen molar-refractivity contribution in [2.45, 2.75) is 38.8 Å². The van der Waals surface area contributed by atoms with Crippen LogP contribution in [0.4, 0.5) is 0 Å². The quantitative estimate of drug-likeness (QED) is 0.848. The number of hydrogen-bond donors (Lipinski definition) is 0. The van der Waals surface area contributed by atoms with Gasteiger partial charge in [0.15, 0.2) is 0 Å². The lowest BCUT2D eigenvalue weighted by Crippen LogP contribution is -2.39. The third-order valence-corrected chi connectivity index (χ3v) is 4.43. The molecule has 0 bridgehead atoms. The summed E-state index contributed by atoms with van der Waals surface area (Å²) < 4.78 is 6.05. The van der Waals surface area contributed by atoms with Crippen molar-refractivity contribution in [2.75, 3.05) is 39.3 Å². The van der Waals surface area contributed by atoms with Gasteiger partial charge in [-0.1, -0.05) is 6.07 Å². The van der Waals surface area contributed by atoms with Crippen molar-refractivity contribution in [3.05, 3.63) is 29.6 Å². The number of nitrogens with zero attached hydrogens (tertiary/aromatic N) is 3. The van der Waals surface area contributed by atoms with Crippen molar-refractivity contribution in [3.8, 4) is 0 Å². The summed E-state index contributed by atoms with van der Waals surface area (Å²) in [5.41, 5.74) is 2.28. The lowest BCUT2D eigenvalue weighted by Gasteiger charge is -2.26. The summed E-state index contributed by atoms with van der Waals surface area (Å²) >= 11 is 0. The van der Waals surface area contributed by atoms with Crippen LogP contribution < -0.4 is 0 Å². The fraction of sp³-hybridized carbons (Fsp3) is 0.706. The molecule has 0 radical (unpaired) electrons. The van der Waals surface area contributed by atoms with Crippen LogP contribution in [-0.4, -0.2) is 60.2 Å². The zero-order valence-corrected chi connectivity index (χ0v) is 13.1. The molecule has 0 spiro atoms. The first-order chi connectivity index (χ1) is 10.3. The summed E-state index contributed by atoms with van der Waals surface area (Å²) in [7, 11) is 0. The van der Waals surface area contributed by atoms with E-state index < -0.39 is 0 Å². The number of pyridine rings is 1. The van der Waals surface area contributed by atoms with Gasteiger partial charge in [0.05, 0.1) is 11.8 Å². The fourth-order valence-corrected chi connectivity index (χ4v) is 3.39. The molecule has 1 aromatic rings. The van der Waals surface area contributed by atoms with E-state index in [9.17, 15) is 0 Å². The molecule has 0 aromatic carbocycles. The highest BCUT2D eigenvalue weighted by Gasteiger charge is 2.23. The summed E-state index contributed by atoms with van der Waals surface area (Å²) in [6.07, 6.45) is 4.19. The van der Waals surface area contributed by atoms with Gasteiger partial charge in [0, 0.05) is 38.5 Å². The summed E-state index contributed by atoms with van der Waals surface area (Å²) in [6, 6.07) is 6.30. The average molecular weight is 289 g/mol. The molecule has 0 aliphatic carbocycles. The summed E-state index contributed by atoms with van der Waals surface area (Å²) in [4.78, 5) is 9.70. The van der Waals surface area contributed by atoms with Crippen molar-refractivity contribution >= 4 is 0 Å². The molecule has 3 heterocycles. The first-order valence-electron chi connectivity index (χ1n) is 8.28. The van der Waals surface area contributed by atoms with E-state index >= 15 is 0 Å². The van der Waals surface area contributed by atoms with Crippen LogP contribution in [0.1, 0.15) is 30.7 Å². The first-order valence-corrected chi connectivity index (χ1v) is 8.28. The molecular weight excluding hydrogens is 262 g/mol. The van der Waals surface area contributed by atoms with Crippen LogP contribution >= 0.6 is 0 Å². The molecule has 0 amide bonds. The second-order valence-electron chi connectivity index (χ2n) is 6.36. The number of likely N-dealkylation sites (tertiary alicyclic amines) is 1. The Bertz CT molecular complexity index is 445. The van der Waals surface area contributed by atoms with Crippen LogP contribution in [0.2, 0.25) is 0 Å². The minimum atomic E-state index is 0.357. The van der Waals surface area contributed by atoms with E-state index in [1.54, 1.807) is 0 Å². The molecule has 4 nitrogen and oxygen atoms in total. The normalized spacial score (nSPS) is 25.1. The Kier molecular flexibility index (Phi) is 5.22. The van der Waals surface area contributed by atoms with Crippen LogP contribution in [0.5, 0.6) is 0 Å². The molecule has 0 N–H and O–H groups in total. The monoisotopic (exact) mass is 289 g/mol. The molecular formula is C17H27N3O. The van der Waals surface area contributed by atoms with Gasteiger partial charge >= 0.3 is 0 Å². The zero-order valence-electron chi connectivity index (χ0n) is 13.1. The molecule has 1 unspecified atom stereocenters. The molecule has 4 heteroatoms. The van der Waals surface area contributed by atoms with Gasteiger partial charge in [-0.05, 0) is 51.4 Å². The number of rotatable bonds is 4. The minimum Gasteiger partial charge on any atom is -0.376 e. The van der Waals surface area contributed by atoms with E-state index in [1.165, 1.54) is 31.6 Å². The van der Waals surface area contributed by atoms with Gasteiger partial charge in [0.1, 0.15) is 0 Å². The molecule has 2 fully saturated rings. The van der Waals surface area contributed by atoms with Crippen molar-refractivity contribution in [1.82, 2.24) is 14.8 Å². The van der Waals surface area contributed by atoms with Gasteiger partial charge in [-0.2, -0.15) is 0 Å². The Morgan fingerprint density at radius 2 is 1.95 bits per heavy atom. The average Bonchev–Trinajstić information content (AvgIpc) is 2.86. The zero-order chi connectivity index (χ0) is 14.5. The summed E-state index contributed by atoms with van der Waals surface area (Å²) in [5.74, 6) is 0. The van der Waals surface area contributed by atoms with Crippen molar-refractivity contribution < 1.29 is 4.74 Å². The van der Waals surface area contributed by atoms with Crippen molar-refractivity contribution in [2.24, 2.45) is 0 Å². The van der Waals surface area contributed by atoms with E-state index in [1.807, 2.05) is 0 Å². The predicted molar refractivity (Wildman–Crippen MR) is 84.3 cm³/mol. The molecule has 1 atom stereocenters. The number of aromatic nitrogens is 1. The smallest absolute Gasteiger partial charge is 0.0828 e. The molecule has 2 aliphatic rings. The second kappa shape index (κ2) is 7.34. The highest BCUT2D eigenvalue weighted by molar-refractivity contribution is 5.09.